The summed E-state index contributed by atoms with van der Waals surface area (Å²) < 4.78 is 41.0. The van der Waals surface area contributed by atoms with E-state index in [2.05, 4.69) is 26.9 Å². The van der Waals surface area contributed by atoms with Crippen LogP contribution in [0.5, 0.6) is 0 Å². The Hall–Kier alpha value is -4.06. The van der Waals surface area contributed by atoms with Crippen LogP contribution in [0, 0.1) is 0 Å². The maximum Gasteiger partial charge on any atom is 0.416 e. The van der Waals surface area contributed by atoms with E-state index in [1.165, 1.54) is 12.1 Å². The zero-order valence-electron chi connectivity index (χ0n) is 21.3. The predicted octanol–water partition coefficient (Wildman–Crippen LogP) is 6.23. The molecule has 40 heavy (non-hydrogen) atoms. The number of hydrogen-bond acceptors (Lipinski definition) is 6. The Balaban J connectivity index is 0.00000181. The number of hydrazone groups is 1. The third-order valence-corrected chi connectivity index (χ3v) is 6.07. The van der Waals surface area contributed by atoms with Gasteiger partial charge >= 0.3 is 6.18 Å². The summed E-state index contributed by atoms with van der Waals surface area (Å²) in [6.45, 7) is 4.29. The Morgan fingerprint density at radius 3 is 2.15 bits per heavy atom. The lowest BCUT2D eigenvalue weighted by molar-refractivity contribution is -0.137. The molecule has 0 atom stereocenters. The molecule has 0 fully saturated rings. The number of benzene rings is 3. The van der Waals surface area contributed by atoms with Gasteiger partial charge in [0.2, 0.25) is 5.96 Å². The number of rotatable bonds is 5. The van der Waals surface area contributed by atoms with Gasteiger partial charge in [-0.25, -0.2) is 5.53 Å². The molecule has 1 aliphatic heterocycles. The van der Waals surface area contributed by atoms with Gasteiger partial charge in [0.1, 0.15) is 0 Å². The van der Waals surface area contributed by atoms with Gasteiger partial charge < -0.3 is 0 Å². The number of carbonyl (C=O) groups is 1. The number of carbonyl (C=O) groups excluding carboxylic acids is 1. The second kappa shape index (κ2) is 12.4. The van der Waals surface area contributed by atoms with E-state index >= 15 is 0 Å². The van der Waals surface area contributed by atoms with E-state index in [1.54, 1.807) is 53.2 Å². The van der Waals surface area contributed by atoms with E-state index in [4.69, 9.17) is 28.3 Å². The van der Waals surface area contributed by atoms with E-state index in [1.807, 2.05) is 13.8 Å². The number of aromatic nitrogens is 2. The molecule has 4 aromatic rings. The molecular weight excluding hydrogens is 566 g/mol. The maximum atomic E-state index is 13.1. The summed E-state index contributed by atoms with van der Waals surface area (Å²) in [7, 11) is 0. The topological polar surface area (TPSA) is 95.4 Å². The van der Waals surface area contributed by atoms with Gasteiger partial charge in [0, 0.05) is 21.2 Å². The molecule has 1 amide bonds. The van der Waals surface area contributed by atoms with Crippen LogP contribution in [0.1, 0.15) is 35.3 Å². The Labute approximate surface area is 238 Å². The third kappa shape index (κ3) is 6.92. The highest BCUT2D eigenvalue weighted by atomic mass is 35.5. The fourth-order valence-corrected chi connectivity index (χ4v) is 4.34. The van der Waals surface area contributed by atoms with Gasteiger partial charge in [-0.1, -0.05) is 61.3 Å². The first kappa shape index (κ1) is 28.9. The molecule has 0 spiro atoms. The fourth-order valence-electron chi connectivity index (χ4n) is 3.81. The minimum atomic E-state index is -4.44. The highest BCUT2D eigenvalue weighted by Crippen LogP contribution is 2.33. The average molecular weight is 590 g/mol. The number of hydrazine groups is 2. The zero-order chi connectivity index (χ0) is 28.9. The lowest BCUT2D eigenvalue weighted by Crippen LogP contribution is -2.43. The van der Waals surface area contributed by atoms with Crippen molar-refractivity contribution >= 4 is 35.1 Å². The molecule has 2 heterocycles. The second-order valence-corrected chi connectivity index (χ2v) is 9.15. The lowest BCUT2D eigenvalue weighted by Gasteiger charge is -2.10. The molecule has 0 saturated heterocycles. The molecule has 0 bridgehead atoms. The summed E-state index contributed by atoms with van der Waals surface area (Å²) in [6.07, 6.45) is -4.44. The van der Waals surface area contributed by atoms with Gasteiger partial charge in [-0.15, -0.1) is 10.6 Å². The van der Waals surface area contributed by atoms with E-state index < -0.39 is 11.7 Å². The number of alkyl halides is 3. The Kier molecular flexibility index (Phi) is 8.98. The van der Waals surface area contributed by atoms with Crippen LogP contribution in [0.3, 0.4) is 0 Å². The van der Waals surface area contributed by atoms with Gasteiger partial charge in [0.25, 0.3) is 5.91 Å². The molecule has 8 nitrogen and oxygen atoms in total. The van der Waals surface area contributed by atoms with E-state index in [9.17, 15) is 18.0 Å². The Morgan fingerprint density at radius 1 is 0.925 bits per heavy atom. The fraction of sp³-hybridized carbons (Fsp3) is 0.148. The summed E-state index contributed by atoms with van der Waals surface area (Å²) in [5.41, 5.74) is 10.4. The van der Waals surface area contributed by atoms with Crippen LogP contribution in [0.25, 0.3) is 22.5 Å². The molecule has 0 radical (unpaired) electrons. The average Bonchev–Trinajstić information content (AvgIpc) is 3.59. The van der Waals surface area contributed by atoms with Crippen LogP contribution in [0.2, 0.25) is 10.0 Å². The van der Waals surface area contributed by atoms with E-state index in [0.717, 1.165) is 17.7 Å². The summed E-state index contributed by atoms with van der Waals surface area (Å²) >= 11 is 12.3. The first-order valence-corrected chi connectivity index (χ1v) is 12.9. The number of nitrogens with zero attached hydrogens (tertiary/aromatic N) is 3. The summed E-state index contributed by atoms with van der Waals surface area (Å²) in [5.74, 6) is -0.136. The monoisotopic (exact) mass is 589 g/mol. The van der Waals surface area contributed by atoms with Crippen LogP contribution in [0.4, 0.5) is 13.2 Å². The Morgan fingerprint density at radius 2 is 1.57 bits per heavy atom. The van der Waals surface area contributed by atoms with Crippen molar-refractivity contribution in [3.63, 3.8) is 0 Å². The molecule has 4 N–H and O–H groups in total. The van der Waals surface area contributed by atoms with Crippen LogP contribution < -0.4 is 21.8 Å². The predicted molar refractivity (Wildman–Crippen MR) is 149 cm³/mol. The van der Waals surface area contributed by atoms with Crippen molar-refractivity contribution in [1.82, 2.24) is 31.6 Å². The number of halogens is 5. The Bertz CT molecular complexity index is 1500. The molecule has 13 heteroatoms. The van der Waals surface area contributed by atoms with Crippen molar-refractivity contribution in [3.8, 4) is 22.5 Å². The van der Waals surface area contributed by atoms with Crippen molar-refractivity contribution in [2.75, 3.05) is 0 Å². The SMILES string of the molecule is CC.O=C(NC1=NNNN1)c1ccc(Cn2nc(-c3cc(Cl)cc(Cl)c3)cc2-c2ccc(C(F)(F)F)cc2)cc1. The summed E-state index contributed by atoms with van der Waals surface area (Å²) in [4.78, 5) is 12.4. The third-order valence-electron chi connectivity index (χ3n) is 5.63. The number of hydrogen-bond donors (Lipinski definition) is 4. The molecule has 0 aliphatic carbocycles. The lowest BCUT2D eigenvalue weighted by atomic mass is 10.1. The molecule has 3 aromatic carbocycles. The highest BCUT2D eigenvalue weighted by molar-refractivity contribution is 6.35. The molecular formula is C27H24Cl2F3N7O. The molecule has 1 aromatic heterocycles. The van der Waals surface area contributed by atoms with E-state index in [0.29, 0.717) is 38.1 Å². The standard InChI is InChI=1S/C25H18Cl2F3N7O.C2H6/c26-19-9-17(10-20(27)11-19)21-12-22(15-5-7-18(8-6-15)25(28,29)30)37(34-21)13-14-1-3-16(4-2-14)23(38)31-24-32-35-36-33-24;1-2/h1-12,35-36H,13H2,(H2,31,32,33,38);1-2H3. The minimum Gasteiger partial charge on any atom is -0.290 e. The summed E-state index contributed by atoms with van der Waals surface area (Å²) in [6, 6.07) is 18.5. The zero-order valence-corrected chi connectivity index (χ0v) is 22.8. The van der Waals surface area contributed by atoms with Gasteiger partial charge in [-0.3, -0.25) is 20.2 Å². The molecule has 1 aliphatic rings. The first-order valence-electron chi connectivity index (χ1n) is 12.1. The normalized spacial score (nSPS) is 12.5. The molecule has 5 rings (SSSR count). The van der Waals surface area contributed by atoms with Gasteiger partial charge in [0.15, 0.2) is 0 Å². The van der Waals surface area contributed by atoms with Crippen molar-refractivity contribution < 1.29 is 18.0 Å². The van der Waals surface area contributed by atoms with Gasteiger partial charge in [0.05, 0.1) is 23.5 Å². The van der Waals surface area contributed by atoms with Crippen LogP contribution in [-0.2, 0) is 12.7 Å². The number of amides is 1. The van der Waals surface area contributed by atoms with Crippen LogP contribution in [-0.4, -0.2) is 21.6 Å². The molecule has 0 unspecified atom stereocenters. The first-order chi connectivity index (χ1) is 19.2. The smallest absolute Gasteiger partial charge is 0.290 e. The number of guanidine groups is 1. The van der Waals surface area contributed by atoms with E-state index in [-0.39, 0.29) is 18.4 Å². The van der Waals surface area contributed by atoms with Gasteiger partial charge in [-0.05, 0) is 59.7 Å². The second-order valence-electron chi connectivity index (χ2n) is 8.28. The highest BCUT2D eigenvalue weighted by Gasteiger charge is 2.30. The van der Waals surface area contributed by atoms with Crippen molar-refractivity contribution in [1.29, 1.82) is 0 Å². The number of nitrogens with one attached hydrogen (secondary N) is 4. The van der Waals surface area contributed by atoms with Crippen LogP contribution >= 0.6 is 23.2 Å². The van der Waals surface area contributed by atoms with Crippen LogP contribution in [0.15, 0.2) is 77.9 Å². The molecule has 208 valence electrons. The largest absolute Gasteiger partial charge is 0.416 e. The van der Waals surface area contributed by atoms with Crippen molar-refractivity contribution in [3.05, 3.63) is 99.5 Å². The van der Waals surface area contributed by atoms with Crippen molar-refractivity contribution in [2.45, 2.75) is 26.6 Å². The van der Waals surface area contributed by atoms with Crippen molar-refractivity contribution in [2.24, 2.45) is 5.10 Å². The van der Waals surface area contributed by atoms with Gasteiger partial charge in [-0.2, -0.15) is 18.3 Å². The minimum absolute atomic E-state index is 0.227. The summed E-state index contributed by atoms with van der Waals surface area (Å²) in [5, 5.41) is 11.9. The molecule has 0 saturated carbocycles. The quantitative estimate of drug-likeness (QED) is 0.221. The maximum absolute atomic E-state index is 13.1.